The summed E-state index contributed by atoms with van der Waals surface area (Å²) in [4.78, 5) is 10.5. The van der Waals surface area contributed by atoms with Crippen molar-refractivity contribution in [3.05, 3.63) is 0 Å². The summed E-state index contributed by atoms with van der Waals surface area (Å²) in [5.41, 5.74) is 0. The summed E-state index contributed by atoms with van der Waals surface area (Å²) in [5, 5.41) is 2.77. The first-order valence-electron chi connectivity index (χ1n) is 3.19. The van der Waals surface area contributed by atoms with E-state index in [0.717, 1.165) is 12.2 Å². The second-order valence-corrected chi connectivity index (χ2v) is 2.90. The topological polar surface area (TPSA) is 29.1 Å². The Morgan fingerprint density at radius 3 is 2.50 bits per heavy atom. The average molecular weight is 179 g/mol. The number of nitrogens with one attached hydrogen (secondary N) is 1. The second kappa shape index (κ2) is 5.92. The quantitative estimate of drug-likeness (QED) is 0.546. The minimum atomic E-state index is 0.000772. The van der Waals surface area contributed by atoms with Gasteiger partial charge in [-0.1, -0.05) is 0 Å². The van der Waals surface area contributed by atoms with Crippen LogP contribution in [0.25, 0.3) is 0 Å². The molecule has 0 bridgehead atoms. The fraction of sp³-hybridized carbons (Fsp3) is 0.833. The van der Waals surface area contributed by atoms with Crippen LogP contribution in [0.4, 0.5) is 0 Å². The van der Waals surface area contributed by atoms with Gasteiger partial charge in [-0.25, -0.2) is 0 Å². The van der Waals surface area contributed by atoms with E-state index in [1.165, 1.54) is 6.92 Å². The molecule has 0 saturated carbocycles. The van der Waals surface area contributed by atoms with Gasteiger partial charge in [-0.15, -0.1) is 0 Å². The molecule has 0 saturated heterocycles. The predicted octanol–water partition coefficient (Wildman–Crippen LogP) is 0.741. The maximum Gasteiger partial charge on any atom is 0.217 e. The normalized spacial score (nSPS) is 12.7. The zero-order valence-corrected chi connectivity index (χ0v) is 7.79. The molecule has 0 rings (SSSR count). The van der Waals surface area contributed by atoms with Gasteiger partial charge in [0.25, 0.3) is 0 Å². The third kappa shape index (κ3) is 4.99. The maximum atomic E-state index is 10.5. The number of hydrogen-bond donors (Lipinski definition) is 3. The molecule has 0 radical (unpaired) electrons. The third-order valence-electron chi connectivity index (χ3n) is 1.11. The minimum Gasteiger partial charge on any atom is -0.353 e. The Morgan fingerprint density at radius 2 is 2.20 bits per heavy atom. The molecule has 4 heteroatoms. The molecule has 1 amide bonds. The number of rotatable bonds is 4. The van der Waals surface area contributed by atoms with E-state index in [0.29, 0.717) is 5.75 Å². The van der Waals surface area contributed by atoms with Crippen molar-refractivity contribution in [3.8, 4) is 0 Å². The zero-order chi connectivity index (χ0) is 7.98. The molecule has 0 aromatic heterocycles. The van der Waals surface area contributed by atoms with Crippen LogP contribution in [-0.4, -0.2) is 23.5 Å². The summed E-state index contributed by atoms with van der Waals surface area (Å²) in [5.74, 6) is 1.46. The molecule has 1 N–H and O–H groups in total. The van der Waals surface area contributed by atoms with E-state index >= 15 is 0 Å². The summed E-state index contributed by atoms with van der Waals surface area (Å²) < 4.78 is 0. The molecule has 60 valence electrons. The molecular weight excluding hydrogens is 166 g/mol. The Hall–Kier alpha value is 0.170. The highest BCUT2D eigenvalue weighted by Crippen LogP contribution is 1.95. The van der Waals surface area contributed by atoms with Crippen molar-refractivity contribution in [1.29, 1.82) is 0 Å². The van der Waals surface area contributed by atoms with Crippen LogP contribution in [0.2, 0.25) is 0 Å². The molecule has 0 aromatic rings. The lowest BCUT2D eigenvalue weighted by Gasteiger charge is -2.12. The van der Waals surface area contributed by atoms with Gasteiger partial charge in [-0.05, 0) is 12.2 Å². The summed E-state index contributed by atoms with van der Waals surface area (Å²) in [7, 11) is 0. The van der Waals surface area contributed by atoms with E-state index in [1.807, 2.05) is 0 Å². The summed E-state index contributed by atoms with van der Waals surface area (Å²) in [6.45, 7) is 1.51. The van der Waals surface area contributed by atoms with Crippen LogP contribution in [0.3, 0.4) is 0 Å². The van der Waals surface area contributed by atoms with Gasteiger partial charge < -0.3 is 5.32 Å². The summed E-state index contributed by atoms with van der Waals surface area (Å²) >= 11 is 8.13. The molecular formula is C6H13NOS2. The SMILES string of the molecule is CC(=O)NC(CS)CCS. The largest absolute Gasteiger partial charge is 0.353 e. The van der Waals surface area contributed by atoms with Crippen LogP contribution < -0.4 is 5.32 Å². The molecule has 0 aliphatic heterocycles. The molecule has 1 atom stereocenters. The molecule has 0 spiro atoms. The Morgan fingerprint density at radius 1 is 1.60 bits per heavy atom. The highest BCUT2D eigenvalue weighted by Gasteiger charge is 2.04. The number of hydrogen-bond acceptors (Lipinski definition) is 3. The fourth-order valence-electron chi connectivity index (χ4n) is 0.652. The van der Waals surface area contributed by atoms with Gasteiger partial charge in [0.15, 0.2) is 0 Å². The monoisotopic (exact) mass is 179 g/mol. The lowest BCUT2D eigenvalue weighted by Crippen LogP contribution is -2.34. The van der Waals surface area contributed by atoms with Crippen molar-refractivity contribution in [2.45, 2.75) is 19.4 Å². The minimum absolute atomic E-state index is 0.000772. The predicted molar refractivity (Wildman–Crippen MR) is 49.9 cm³/mol. The molecule has 0 aliphatic carbocycles. The standard InChI is InChI=1S/C6H13NOS2/c1-5(8)7-6(4-10)2-3-9/h6,9-10H,2-4H2,1H3,(H,7,8). The van der Waals surface area contributed by atoms with Crippen molar-refractivity contribution < 1.29 is 4.79 Å². The zero-order valence-electron chi connectivity index (χ0n) is 6.00. The first-order chi connectivity index (χ1) is 4.70. The Kier molecular flexibility index (Phi) is 6.02. The van der Waals surface area contributed by atoms with Gasteiger partial charge in [-0.2, -0.15) is 25.3 Å². The van der Waals surface area contributed by atoms with Gasteiger partial charge in [0.05, 0.1) is 0 Å². The van der Waals surface area contributed by atoms with Crippen molar-refractivity contribution in [3.63, 3.8) is 0 Å². The molecule has 1 unspecified atom stereocenters. The Labute approximate surface area is 72.6 Å². The van der Waals surface area contributed by atoms with Crippen molar-refractivity contribution >= 4 is 31.2 Å². The van der Waals surface area contributed by atoms with Gasteiger partial charge in [0.2, 0.25) is 5.91 Å². The van der Waals surface area contributed by atoms with E-state index in [-0.39, 0.29) is 11.9 Å². The molecule has 0 heterocycles. The molecule has 2 nitrogen and oxygen atoms in total. The van der Waals surface area contributed by atoms with Crippen LogP contribution in [0, 0.1) is 0 Å². The van der Waals surface area contributed by atoms with Crippen LogP contribution in [-0.2, 0) is 4.79 Å². The molecule has 0 aliphatic rings. The Balaban J connectivity index is 3.49. The molecule has 10 heavy (non-hydrogen) atoms. The highest BCUT2D eigenvalue weighted by atomic mass is 32.1. The van der Waals surface area contributed by atoms with Crippen LogP contribution >= 0.6 is 25.3 Å². The first-order valence-corrected chi connectivity index (χ1v) is 4.46. The smallest absolute Gasteiger partial charge is 0.217 e. The highest BCUT2D eigenvalue weighted by molar-refractivity contribution is 7.80. The number of amides is 1. The van der Waals surface area contributed by atoms with E-state index in [9.17, 15) is 4.79 Å². The maximum absolute atomic E-state index is 10.5. The first kappa shape index (κ1) is 10.2. The van der Waals surface area contributed by atoms with Crippen LogP contribution in [0.1, 0.15) is 13.3 Å². The van der Waals surface area contributed by atoms with Crippen LogP contribution in [0.5, 0.6) is 0 Å². The summed E-state index contributed by atoms with van der Waals surface area (Å²) in [6.07, 6.45) is 0.881. The number of carbonyl (C=O) groups excluding carboxylic acids is 1. The second-order valence-electron chi connectivity index (χ2n) is 2.09. The number of thiol groups is 2. The lowest BCUT2D eigenvalue weighted by molar-refractivity contribution is -0.119. The Bertz CT molecular complexity index is 108. The van der Waals surface area contributed by atoms with Crippen molar-refractivity contribution in [1.82, 2.24) is 5.32 Å². The van der Waals surface area contributed by atoms with Gasteiger partial charge in [0, 0.05) is 18.7 Å². The van der Waals surface area contributed by atoms with Gasteiger partial charge in [-0.3, -0.25) is 4.79 Å². The van der Waals surface area contributed by atoms with E-state index < -0.39 is 0 Å². The van der Waals surface area contributed by atoms with Crippen LogP contribution in [0.15, 0.2) is 0 Å². The van der Waals surface area contributed by atoms with E-state index in [2.05, 4.69) is 30.6 Å². The van der Waals surface area contributed by atoms with E-state index in [4.69, 9.17) is 0 Å². The van der Waals surface area contributed by atoms with Gasteiger partial charge >= 0.3 is 0 Å². The van der Waals surface area contributed by atoms with Gasteiger partial charge in [0.1, 0.15) is 0 Å². The molecule has 0 aromatic carbocycles. The van der Waals surface area contributed by atoms with Crippen molar-refractivity contribution in [2.75, 3.05) is 11.5 Å². The summed E-state index contributed by atoms with van der Waals surface area (Å²) in [6, 6.07) is 0.179. The number of carbonyl (C=O) groups is 1. The van der Waals surface area contributed by atoms with E-state index in [1.54, 1.807) is 0 Å². The average Bonchev–Trinajstić information content (AvgIpc) is 1.86. The third-order valence-corrected chi connectivity index (χ3v) is 1.80. The fourth-order valence-corrected chi connectivity index (χ4v) is 1.24. The van der Waals surface area contributed by atoms with Crippen molar-refractivity contribution in [2.24, 2.45) is 0 Å². The molecule has 0 fully saturated rings. The lowest BCUT2D eigenvalue weighted by atomic mass is 10.2.